The highest BCUT2D eigenvalue weighted by atomic mass is 19.1. The van der Waals surface area contributed by atoms with E-state index >= 15 is 0 Å². The predicted molar refractivity (Wildman–Crippen MR) is 64.6 cm³/mol. The first-order valence-corrected chi connectivity index (χ1v) is 6.21. The Morgan fingerprint density at radius 3 is 2.61 bits per heavy atom. The van der Waals surface area contributed by atoms with Crippen LogP contribution in [0.25, 0.3) is 0 Å². The molecule has 1 aromatic rings. The van der Waals surface area contributed by atoms with Crippen LogP contribution < -0.4 is 0 Å². The fourth-order valence-electron chi connectivity index (χ4n) is 2.90. The van der Waals surface area contributed by atoms with Gasteiger partial charge in [-0.1, -0.05) is 30.3 Å². The summed E-state index contributed by atoms with van der Waals surface area (Å²) in [5.74, 6) is -1.01. The molecule has 1 heterocycles. The van der Waals surface area contributed by atoms with Crippen LogP contribution in [0.4, 0.5) is 4.39 Å². The minimum Gasteiger partial charge on any atom is -0.458 e. The van der Waals surface area contributed by atoms with E-state index in [-0.39, 0.29) is 18.4 Å². The second-order valence-corrected chi connectivity index (χ2v) is 5.26. The van der Waals surface area contributed by atoms with Gasteiger partial charge in [-0.3, -0.25) is 0 Å². The average molecular weight is 249 g/mol. The molecule has 18 heavy (non-hydrogen) atoms. The van der Waals surface area contributed by atoms with Crippen LogP contribution in [-0.2, 0) is 16.1 Å². The molecule has 2 unspecified atom stereocenters. The molecule has 0 N–H and O–H groups in total. The highest BCUT2D eigenvalue weighted by Gasteiger charge is 2.74. The van der Waals surface area contributed by atoms with Crippen LogP contribution in [0.3, 0.4) is 0 Å². The molecule has 1 aliphatic carbocycles. The molecule has 96 valence electrons. The number of hydrogen-bond donors (Lipinski definition) is 0. The zero-order valence-corrected chi connectivity index (χ0v) is 10.3. The standard InChI is InChI=1S/C14H16FNO2/c1-16-7-11-12(8-16)14(11,15)13(17)18-9-10-5-3-2-4-6-10/h2-6,11-12H,7-9H2,1H3. The Labute approximate surface area is 106 Å². The lowest BCUT2D eigenvalue weighted by atomic mass is 10.2. The second kappa shape index (κ2) is 4.05. The van der Waals surface area contributed by atoms with E-state index in [1.54, 1.807) is 0 Å². The summed E-state index contributed by atoms with van der Waals surface area (Å²) in [7, 11) is 1.95. The largest absolute Gasteiger partial charge is 0.458 e. The summed E-state index contributed by atoms with van der Waals surface area (Å²) < 4.78 is 19.5. The second-order valence-electron chi connectivity index (χ2n) is 5.26. The van der Waals surface area contributed by atoms with E-state index in [1.807, 2.05) is 37.4 Å². The number of likely N-dealkylation sites (tertiary alicyclic amines) is 1. The van der Waals surface area contributed by atoms with E-state index in [0.717, 1.165) is 5.56 Å². The van der Waals surface area contributed by atoms with Gasteiger partial charge in [0.25, 0.3) is 0 Å². The quantitative estimate of drug-likeness (QED) is 0.763. The fourth-order valence-corrected chi connectivity index (χ4v) is 2.90. The number of hydrogen-bond acceptors (Lipinski definition) is 3. The molecule has 1 saturated heterocycles. The van der Waals surface area contributed by atoms with Crippen molar-refractivity contribution in [2.45, 2.75) is 12.3 Å². The summed E-state index contributed by atoms with van der Waals surface area (Å²) in [5.41, 5.74) is -0.834. The lowest BCUT2D eigenvalue weighted by molar-refractivity contribution is -0.154. The van der Waals surface area contributed by atoms with Gasteiger partial charge in [0.05, 0.1) is 0 Å². The Hall–Kier alpha value is -1.42. The van der Waals surface area contributed by atoms with Crippen molar-refractivity contribution in [1.29, 1.82) is 0 Å². The minimum atomic E-state index is -1.72. The number of rotatable bonds is 3. The third-order valence-electron chi connectivity index (χ3n) is 4.00. The van der Waals surface area contributed by atoms with Crippen molar-refractivity contribution in [3.05, 3.63) is 35.9 Å². The van der Waals surface area contributed by atoms with Crippen LogP contribution in [0.5, 0.6) is 0 Å². The zero-order chi connectivity index (χ0) is 12.8. The third-order valence-corrected chi connectivity index (χ3v) is 4.00. The van der Waals surface area contributed by atoms with Gasteiger partial charge in [-0.05, 0) is 12.6 Å². The lowest BCUT2D eigenvalue weighted by Gasteiger charge is -2.16. The Balaban J connectivity index is 1.57. The summed E-state index contributed by atoms with van der Waals surface area (Å²) in [6, 6.07) is 9.35. The Morgan fingerprint density at radius 2 is 2.00 bits per heavy atom. The number of carbonyl (C=O) groups excluding carboxylic acids is 1. The smallest absolute Gasteiger partial charge is 0.344 e. The van der Waals surface area contributed by atoms with E-state index in [0.29, 0.717) is 13.1 Å². The van der Waals surface area contributed by atoms with Gasteiger partial charge >= 0.3 is 5.97 Å². The van der Waals surface area contributed by atoms with Crippen molar-refractivity contribution in [3.8, 4) is 0 Å². The minimum absolute atomic E-state index is 0.153. The first kappa shape index (κ1) is 11.7. The van der Waals surface area contributed by atoms with Crippen molar-refractivity contribution < 1.29 is 13.9 Å². The molecule has 1 aliphatic heterocycles. The highest BCUT2D eigenvalue weighted by molar-refractivity contribution is 5.85. The van der Waals surface area contributed by atoms with E-state index in [4.69, 9.17) is 4.74 Å². The number of nitrogens with zero attached hydrogens (tertiary/aromatic N) is 1. The summed E-state index contributed by atoms with van der Waals surface area (Å²) in [6.07, 6.45) is 0. The summed E-state index contributed by atoms with van der Waals surface area (Å²) >= 11 is 0. The van der Waals surface area contributed by atoms with Crippen LogP contribution in [-0.4, -0.2) is 36.7 Å². The summed E-state index contributed by atoms with van der Waals surface area (Å²) in [6.45, 7) is 1.46. The van der Waals surface area contributed by atoms with Crippen molar-refractivity contribution in [2.24, 2.45) is 11.8 Å². The van der Waals surface area contributed by atoms with Crippen molar-refractivity contribution in [3.63, 3.8) is 0 Å². The molecule has 4 heteroatoms. The van der Waals surface area contributed by atoms with Crippen LogP contribution in [0.1, 0.15) is 5.56 Å². The number of halogens is 1. The summed E-state index contributed by atoms with van der Waals surface area (Å²) in [4.78, 5) is 13.9. The molecule has 3 rings (SSSR count). The SMILES string of the molecule is CN1CC2C(C1)C2(F)C(=O)OCc1ccccc1. The van der Waals surface area contributed by atoms with Gasteiger partial charge < -0.3 is 9.64 Å². The van der Waals surface area contributed by atoms with Gasteiger partial charge in [-0.2, -0.15) is 0 Å². The predicted octanol–water partition coefficient (Wildman–Crippen LogP) is 1.63. The molecular formula is C14H16FNO2. The van der Waals surface area contributed by atoms with Crippen molar-refractivity contribution in [2.75, 3.05) is 20.1 Å². The number of carbonyl (C=O) groups is 1. The number of benzene rings is 1. The Bertz CT molecular complexity index is 450. The Morgan fingerprint density at radius 1 is 1.39 bits per heavy atom. The van der Waals surface area contributed by atoms with Gasteiger partial charge in [0.1, 0.15) is 6.61 Å². The maximum Gasteiger partial charge on any atom is 0.344 e. The fraction of sp³-hybridized carbons (Fsp3) is 0.500. The normalized spacial score (nSPS) is 34.1. The van der Waals surface area contributed by atoms with E-state index in [2.05, 4.69) is 4.90 Å². The van der Waals surface area contributed by atoms with Gasteiger partial charge in [0, 0.05) is 24.9 Å². The summed E-state index contributed by atoms with van der Waals surface area (Å²) in [5, 5.41) is 0. The van der Waals surface area contributed by atoms with Crippen molar-refractivity contribution >= 4 is 5.97 Å². The molecule has 2 aliphatic rings. The first-order chi connectivity index (χ1) is 8.62. The highest BCUT2D eigenvalue weighted by Crippen LogP contribution is 2.58. The van der Waals surface area contributed by atoms with Crippen LogP contribution in [0.2, 0.25) is 0 Å². The molecule has 3 nitrogen and oxygen atoms in total. The molecule has 0 radical (unpaired) electrons. The van der Waals surface area contributed by atoms with E-state index in [1.165, 1.54) is 0 Å². The monoisotopic (exact) mass is 249 g/mol. The molecule has 0 bridgehead atoms. The molecular weight excluding hydrogens is 233 g/mol. The molecule has 0 spiro atoms. The van der Waals surface area contributed by atoms with Gasteiger partial charge in [0.2, 0.25) is 5.67 Å². The van der Waals surface area contributed by atoms with Crippen LogP contribution in [0.15, 0.2) is 30.3 Å². The van der Waals surface area contributed by atoms with Crippen molar-refractivity contribution in [1.82, 2.24) is 4.90 Å². The number of alkyl halides is 1. The van der Waals surface area contributed by atoms with Gasteiger partial charge in [-0.15, -0.1) is 0 Å². The lowest BCUT2D eigenvalue weighted by Crippen LogP contribution is -2.33. The van der Waals surface area contributed by atoms with Gasteiger partial charge in [0.15, 0.2) is 0 Å². The molecule has 0 amide bonds. The van der Waals surface area contributed by atoms with Crippen LogP contribution >= 0.6 is 0 Å². The van der Waals surface area contributed by atoms with E-state index in [9.17, 15) is 9.18 Å². The number of piperidine rings is 1. The maximum atomic E-state index is 14.4. The van der Waals surface area contributed by atoms with E-state index < -0.39 is 11.6 Å². The molecule has 1 aromatic carbocycles. The molecule has 0 aromatic heterocycles. The number of ether oxygens (including phenoxy) is 1. The van der Waals surface area contributed by atoms with Crippen LogP contribution in [0, 0.1) is 11.8 Å². The molecule has 1 saturated carbocycles. The topological polar surface area (TPSA) is 29.5 Å². The maximum absolute atomic E-state index is 14.4. The van der Waals surface area contributed by atoms with Gasteiger partial charge in [-0.25, -0.2) is 9.18 Å². The molecule has 2 atom stereocenters. The first-order valence-electron chi connectivity index (χ1n) is 6.21. The third kappa shape index (κ3) is 1.72. The Kier molecular flexibility index (Phi) is 2.63. The zero-order valence-electron chi connectivity index (χ0n) is 10.3. The molecule has 2 fully saturated rings. The number of esters is 1. The average Bonchev–Trinajstić information content (AvgIpc) is 2.75. The number of fused-ring (bicyclic) bond motifs is 1.